The topological polar surface area (TPSA) is 60.1 Å². The maximum Gasteiger partial charge on any atom is 0.345 e. The van der Waals surface area contributed by atoms with E-state index < -0.39 is 0 Å². The summed E-state index contributed by atoms with van der Waals surface area (Å²) in [5, 5.41) is 5.13. The molecule has 26 heavy (non-hydrogen) atoms. The number of fused-ring (bicyclic) bond motifs is 1. The third-order valence-electron chi connectivity index (χ3n) is 5.45. The van der Waals surface area contributed by atoms with Crippen LogP contribution in [-0.2, 0) is 24.3 Å². The third kappa shape index (κ3) is 3.43. The summed E-state index contributed by atoms with van der Waals surface area (Å²) in [5.41, 5.74) is 1.15. The zero-order valence-corrected chi connectivity index (χ0v) is 15.5. The van der Waals surface area contributed by atoms with E-state index in [9.17, 15) is 9.59 Å². The van der Waals surface area contributed by atoms with E-state index >= 15 is 0 Å². The molecule has 4 rings (SSSR count). The van der Waals surface area contributed by atoms with Crippen LogP contribution < -0.4 is 5.69 Å². The Morgan fingerprint density at radius 2 is 2.00 bits per heavy atom. The van der Waals surface area contributed by atoms with E-state index in [2.05, 4.69) is 5.10 Å². The first-order valence-electron chi connectivity index (χ1n) is 9.31. The maximum atomic E-state index is 12.6. The second-order valence-corrected chi connectivity index (χ2v) is 7.59. The van der Waals surface area contributed by atoms with Crippen LogP contribution in [0.25, 0.3) is 0 Å². The first-order valence-corrected chi connectivity index (χ1v) is 9.69. The van der Waals surface area contributed by atoms with Gasteiger partial charge in [0.2, 0.25) is 5.91 Å². The van der Waals surface area contributed by atoms with Crippen LogP contribution in [-0.4, -0.2) is 38.2 Å². The van der Waals surface area contributed by atoms with Crippen molar-refractivity contribution in [2.45, 2.75) is 51.1 Å². The van der Waals surface area contributed by atoms with Gasteiger partial charge in [-0.2, -0.15) is 5.10 Å². The molecule has 2 aliphatic rings. The molecule has 0 spiro atoms. The lowest BCUT2D eigenvalue weighted by Crippen LogP contribution is -2.32. The maximum absolute atomic E-state index is 12.6. The van der Waals surface area contributed by atoms with Gasteiger partial charge in [0.05, 0.1) is 6.54 Å². The fourth-order valence-corrected chi connectivity index (χ4v) is 4.07. The van der Waals surface area contributed by atoms with Crippen molar-refractivity contribution in [1.29, 1.82) is 0 Å². The molecule has 1 aromatic carbocycles. The fourth-order valence-electron chi connectivity index (χ4n) is 3.95. The Morgan fingerprint density at radius 3 is 2.77 bits per heavy atom. The van der Waals surface area contributed by atoms with Gasteiger partial charge >= 0.3 is 5.69 Å². The van der Waals surface area contributed by atoms with E-state index in [4.69, 9.17) is 11.6 Å². The Kier molecular flexibility index (Phi) is 4.85. The predicted molar refractivity (Wildman–Crippen MR) is 99.4 cm³/mol. The summed E-state index contributed by atoms with van der Waals surface area (Å²) < 4.78 is 3.21. The normalized spacial score (nSPS) is 19.6. The number of carbonyl (C=O) groups excluding carboxylic acids is 1. The van der Waals surface area contributed by atoms with Crippen molar-refractivity contribution < 1.29 is 4.79 Å². The van der Waals surface area contributed by atoms with Crippen LogP contribution in [0.2, 0.25) is 5.02 Å². The zero-order chi connectivity index (χ0) is 18.1. The number of hydrogen-bond acceptors (Lipinski definition) is 3. The van der Waals surface area contributed by atoms with E-state index in [0.29, 0.717) is 18.9 Å². The van der Waals surface area contributed by atoms with Crippen LogP contribution in [0.5, 0.6) is 0 Å². The number of benzene rings is 1. The molecule has 0 N–H and O–H groups in total. The highest BCUT2D eigenvalue weighted by molar-refractivity contribution is 6.30. The highest BCUT2D eigenvalue weighted by Crippen LogP contribution is 2.28. The minimum Gasteiger partial charge on any atom is -0.342 e. The minimum atomic E-state index is -0.0760. The number of nitrogens with zero attached hydrogens (tertiary/aromatic N) is 4. The van der Waals surface area contributed by atoms with Crippen molar-refractivity contribution in [3.63, 3.8) is 0 Å². The number of carbonyl (C=O) groups is 1. The molecule has 2 aromatic rings. The van der Waals surface area contributed by atoms with Crippen molar-refractivity contribution in [2.24, 2.45) is 0 Å². The second kappa shape index (κ2) is 7.27. The van der Waals surface area contributed by atoms with E-state index in [1.807, 2.05) is 29.2 Å². The van der Waals surface area contributed by atoms with Gasteiger partial charge in [-0.25, -0.2) is 9.48 Å². The number of aryl methyl sites for hydroxylation is 2. The summed E-state index contributed by atoms with van der Waals surface area (Å²) >= 11 is 5.95. The van der Waals surface area contributed by atoms with Crippen LogP contribution in [0.3, 0.4) is 0 Å². The van der Waals surface area contributed by atoms with Crippen LogP contribution in [0.4, 0.5) is 0 Å². The lowest BCUT2D eigenvalue weighted by molar-refractivity contribution is -0.130. The molecular formula is C19H23ClN4O2. The minimum absolute atomic E-state index is 0.0760. The molecule has 1 saturated heterocycles. The Balaban J connectivity index is 1.35. The predicted octanol–water partition coefficient (Wildman–Crippen LogP) is 2.44. The molecule has 0 aliphatic carbocycles. The van der Waals surface area contributed by atoms with Crippen molar-refractivity contribution in [1.82, 2.24) is 19.2 Å². The van der Waals surface area contributed by atoms with E-state index in [1.54, 1.807) is 4.57 Å². The van der Waals surface area contributed by atoms with Gasteiger partial charge in [0.15, 0.2) is 0 Å². The summed E-state index contributed by atoms with van der Waals surface area (Å²) in [6, 6.07) is 7.87. The summed E-state index contributed by atoms with van der Waals surface area (Å²) in [5.74, 6) is 1.32. The largest absolute Gasteiger partial charge is 0.345 e. The number of amides is 1. The molecule has 0 saturated carbocycles. The lowest BCUT2D eigenvalue weighted by Gasteiger charge is -2.16. The Morgan fingerprint density at radius 1 is 1.19 bits per heavy atom. The highest BCUT2D eigenvalue weighted by Gasteiger charge is 2.27. The molecule has 3 heterocycles. The first kappa shape index (κ1) is 17.3. The number of halogens is 1. The molecule has 1 amide bonds. The van der Waals surface area contributed by atoms with Crippen LogP contribution in [0.15, 0.2) is 29.1 Å². The van der Waals surface area contributed by atoms with Crippen LogP contribution >= 0.6 is 11.6 Å². The monoisotopic (exact) mass is 374 g/mol. The zero-order valence-electron chi connectivity index (χ0n) is 14.7. The van der Waals surface area contributed by atoms with E-state index in [1.165, 1.54) is 10.2 Å². The Bertz CT molecular complexity index is 855. The van der Waals surface area contributed by atoms with E-state index in [-0.39, 0.29) is 11.6 Å². The van der Waals surface area contributed by atoms with Crippen molar-refractivity contribution in [3.05, 3.63) is 51.2 Å². The van der Waals surface area contributed by atoms with E-state index in [0.717, 1.165) is 56.2 Å². The van der Waals surface area contributed by atoms with Crippen LogP contribution in [0, 0.1) is 0 Å². The van der Waals surface area contributed by atoms with Gasteiger partial charge in [-0.3, -0.25) is 9.36 Å². The van der Waals surface area contributed by atoms with Crippen molar-refractivity contribution >= 4 is 17.5 Å². The number of hydrogen-bond donors (Lipinski definition) is 0. The average molecular weight is 375 g/mol. The molecule has 1 aromatic heterocycles. The average Bonchev–Trinajstić information content (AvgIpc) is 3.26. The van der Waals surface area contributed by atoms with Gasteiger partial charge in [0.1, 0.15) is 5.82 Å². The molecule has 7 heteroatoms. The highest BCUT2D eigenvalue weighted by atomic mass is 35.5. The summed E-state index contributed by atoms with van der Waals surface area (Å²) in [4.78, 5) is 26.8. The molecular weight excluding hydrogens is 352 g/mol. The van der Waals surface area contributed by atoms with Crippen molar-refractivity contribution in [2.75, 3.05) is 13.1 Å². The molecule has 6 nitrogen and oxygen atoms in total. The van der Waals surface area contributed by atoms with Gasteiger partial charge in [0, 0.05) is 43.4 Å². The SMILES string of the molecule is O=C(CCn1nc2n(c1=O)CCCC2)N1CCC(c2ccc(Cl)cc2)C1. The number of likely N-dealkylation sites (tertiary alicyclic amines) is 1. The Labute approximate surface area is 157 Å². The first-order chi connectivity index (χ1) is 12.6. The molecule has 0 bridgehead atoms. The molecule has 1 atom stereocenters. The molecule has 138 valence electrons. The molecule has 1 fully saturated rings. The molecule has 1 unspecified atom stereocenters. The van der Waals surface area contributed by atoms with Gasteiger partial charge < -0.3 is 4.90 Å². The Hall–Kier alpha value is -2.08. The summed E-state index contributed by atoms with van der Waals surface area (Å²) in [6.45, 7) is 2.60. The third-order valence-corrected chi connectivity index (χ3v) is 5.70. The van der Waals surface area contributed by atoms with Crippen molar-refractivity contribution in [3.8, 4) is 0 Å². The smallest absolute Gasteiger partial charge is 0.342 e. The quantitative estimate of drug-likeness (QED) is 0.825. The number of rotatable bonds is 4. The fraction of sp³-hybridized carbons (Fsp3) is 0.526. The number of aromatic nitrogens is 3. The molecule has 0 radical (unpaired) electrons. The standard InChI is InChI=1S/C19H23ClN4O2/c20-16-6-4-14(5-7-16)15-8-11-22(13-15)18(25)9-12-24-19(26)23-10-2-1-3-17(23)21-24/h4-7,15H,1-3,8-13H2. The van der Waals surface area contributed by atoms with Gasteiger partial charge in [-0.05, 0) is 37.0 Å². The second-order valence-electron chi connectivity index (χ2n) is 7.16. The van der Waals surface area contributed by atoms with Gasteiger partial charge in [-0.1, -0.05) is 23.7 Å². The summed E-state index contributed by atoms with van der Waals surface area (Å²) in [6.07, 6.45) is 4.24. The van der Waals surface area contributed by atoms with Gasteiger partial charge in [0.25, 0.3) is 0 Å². The van der Waals surface area contributed by atoms with Gasteiger partial charge in [-0.15, -0.1) is 0 Å². The van der Waals surface area contributed by atoms with Crippen LogP contribution in [0.1, 0.15) is 43.0 Å². The molecule has 2 aliphatic heterocycles. The summed E-state index contributed by atoms with van der Waals surface area (Å²) in [7, 11) is 0. The lowest BCUT2D eigenvalue weighted by atomic mass is 9.99.